The number of carbonyl (C=O) groups is 1. The largest absolute Gasteiger partial charge is 0.461 e. The molecule has 2 saturated carbocycles. The first-order valence-corrected chi connectivity index (χ1v) is 12.2. The second-order valence-electron chi connectivity index (χ2n) is 10.3. The van der Waals surface area contributed by atoms with Gasteiger partial charge in [-0.25, -0.2) is 0 Å². The Morgan fingerprint density at radius 1 is 0.862 bits per heavy atom. The van der Waals surface area contributed by atoms with Crippen molar-refractivity contribution in [3.05, 3.63) is 34.9 Å². The maximum Gasteiger partial charge on any atom is 0.293 e. The Kier molecular flexibility index (Phi) is 8.21. The summed E-state index contributed by atoms with van der Waals surface area (Å²) in [5.41, 5.74) is 5.19. The van der Waals surface area contributed by atoms with E-state index in [1.807, 2.05) is 0 Å². The van der Waals surface area contributed by atoms with Crippen LogP contribution in [0.1, 0.15) is 114 Å². The zero-order valence-corrected chi connectivity index (χ0v) is 18.9. The molecule has 2 aliphatic carbocycles. The summed E-state index contributed by atoms with van der Waals surface area (Å²) in [5.74, 6) is 0. The highest BCUT2D eigenvalue weighted by Gasteiger charge is 2.44. The van der Waals surface area contributed by atoms with E-state index in [9.17, 15) is 4.79 Å². The van der Waals surface area contributed by atoms with Gasteiger partial charge < -0.3 is 4.74 Å². The fourth-order valence-electron chi connectivity index (χ4n) is 4.63. The van der Waals surface area contributed by atoms with Crippen LogP contribution in [-0.4, -0.2) is 12.1 Å². The smallest absolute Gasteiger partial charge is 0.293 e. The van der Waals surface area contributed by atoms with Gasteiger partial charge >= 0.3 is 0 Å². The lowest BCUT2D eigenvalue weighted by atomic mass is 9.96. The maximum atomic E-state index is 10.5. The lowest BCUT2D eigenvalue weighted by molar-refractivity contribution is -0.135. The summed E-state index contributed by atoms with van der Waals surface area (Å²) in [6, 6.07) is 7.14. The third-order valence-corrected chi connectivity index (χ3v) is 7.45. The summed E-state index contributed by atoms with van der Waals surface area (Å²) >= 11 is 0. The zero-order chi connectivity index (χ0) is 20.6. The van der Waals surface area contributed by atoms with E-state index < -0.39 is 0 Å². The molecule has 0 heterocycles. The predicted molar refractivity (Wildman–Crippen MR) is 121 cm³/mol. The summed E-state index contributed by atoms with van der Waals surface area (Å²) in [6.07, 6.45) is 20.6. The van der Waals surface area contributed by atoms with Gasteiger partial charge in [0.25, 0.3) is 6.47 Å². The lowest BCUT2D eigenvalue weighted by Crippen LogP contribution is -2.12. The molecule has 0 bridgehead atoms. The summed E-state index contributed by atoms with van der Waals surface area (Å²) in [7, 11) is 0. The molecule has 162 valence electrons. The van der Waals surface area contributed by atoms with Crippen LogP contribution in [0.5, 0.6) is 0 Å². The lowest BCUT2D eigenvalue weighted by Gasteiger charge is -2.13. The molecule has 0 saturated heterocycles. The standard InChI is InChI=1S/C27H42O2/c1-23-13-14-24(11-7-3-5-9-15-26(2)17-18-26)21-25(23)12-8-4-6-10-16-27(19-20-27)29-22-28/h13-14,21-22H,3-12,15-20H2,1-2H3. The molecule has 29 heavy (non-hydrogen) atoms. The Morgan fingerprint density at radius 2 is 1.52 bits per heavy atom. The molecule has 2 heteroatoms. The highest BCUT2D eigenvalue weighted by atomic mass is 16.5. The average Bonchev–Trinajstić information content (AvgIpc) is 3.62. The minimum atomic E-state index is -0.0669. The molecule has 2 aliphatic rings. The second-order valence-corrected chi connectivity index (χ2v) is 10.3. The predicted octanol–water partition coefficient (Wildman–Crippen LogP) is 7.49. The monoisotopic (exact) mass is 398 g/mol. The first kappa shape index (κ1) is 22.4. The first-order valence-electron chi connectivity index (χ1n) is 12.2. The molecule has 0 atom stereocenters. The van der Waals surface area contributed by atoms with Gasteiger partial charge in [-0.3, -0.25) is 4.79 Å². The van der Waals surface area contributed by atoms with Crippen molar-refractivity contribution in [1.82, 2.24) is 0 Å². The van der Waals surface area contributed by atoms with Crippen molar-refractivity contribution >= 4 is 6.47 Å². The van der Waals surface area contributed by atoms with E-state index in [4.69, 9.17) is 4.74 Å². The van der Waals surface area contributed by atoms with Crippen LogP contribution in [0, 0.1) is 12.3 Å². The molecule has 2 nitrogen and oxygen atoms in total. The number of ether oxygens (including phenoxy) is 1. The van der Waals surface area contributed by atoms with E-state index in [2.05, 4.69) is 32.0 Å². The van der Waals surface area contributed by atoms with Crippen molar-refractivity contribution in [2.45, 2.75) is 122 Å². The van der Waals surface area contributed by atoms with Gasteiger partial charge in [0.15, 0.2) is 0 Å². The molecule has 2 fully saturated rings. The number of hydrogen-bond donors (Lipinski definition) is 0. The molecular formula is C27H42O2. The summed E-state index contributed by atoms with van der Waals surface area (Å²) in [5, 5.41) is 0. The zero-order valence-electron chi connectivity index (χ0n) is 18.9. The van der Waals surface area contributed by atoms with Gasteiger partial charge in [0.2, 0.25) is 0 Å². The van der Waals surface area contributed by atoms with Crippen LogP contribution < -0.4 is 0 Å². The van der Waals surface area contributed by atoms with Crippen molar-refractivity contribution in [2.24, 2.45) is 5.41 Å². The van der Waals surface area contributed by atoms with Crippen LogP contribution in [0.15, 0.2) is 18.2 Å². The fourth-order valence-corrected chi connectivity index (χ4v) is 4.63. The van der Waals surface area contributed by atoms with Gasteiger partial charge in [-0.1, -0.05) is 57.2 Å². The molecule has 0 amide bonds. The van der Waals surface area contributed by atoms with E-state index >= 15 is 0 Å². The molecule has 1 aromatic rings. The molecular weight excluding hydrogens is 356 g/mol. The number of aryl methyl sites for hydroxylation is 3. The first-order chi connectivity index (χ1) is 14.0. The van der Waals surface area contributed by atoms with Crippen molar-refractivity contribution in [1.29, 1.82) is 0 Å². The van der Waals surface area contributed by atoms with Crippen LogP contribution in [0.25, 0.3) is 0 Å². The fraction of sp³-hybridized carbons (Fsp3) is 0.741. The normalized spacial score (nSPS) is 18.4. The molecule has 0 aromatic heterocycles. The highest BCUT2D eigenvalue weighted by Crippen LogP contribution is 2.49. The molecule has 0 aliphatic heterocycles. The SMILES string of the molecule is Cc1ccc(CCCCCCC2(C)CC2)cc1CCCCCCC1(OC=O)CC1. The Balaban J connectivity index is 1.26. The third kappa shape index (κ3) is 7.79. The summed E-state index contributed by atoms with van der Waals surface area (Å²) in [6.45, 7) is 5.34. The molecule has 0 spiro atoms. The van der Waals surface area contributed by atoms with Crippen molar-refractivity contribution in [3.63, 3.8) is 0 Å². The van der Waals surface area contributed by atoms with E-state index in [-0.39, 0.29) is 5.60 Å². The van der Waals surface area contributed by atoms with Gasteiger partial charge in [-0.05, 0) is 99.7 Å². The number of unbranched alkanes of at least 4 members (excludes halogenated alkanes) is 6. The minimum Gasteiger partial charge on any atom is -0.461 e. The van der Waals surface area contributed by atoms with Crippen LogP contribution in [0.3, 0.4) is 0 Å². The number of benzene rings is 1. The van der Waals surface area contributed by atoms with Crippen molar-refractivity contribution in [2.75, 3.05) is 0 Å². The average molecular weight is 399 g/mol. The Morgan fingerprint density at radius 3 is 2.17 bits per heavy atom. The van der Waals surface area contributed by atoms with Crippen molar-refractivity contribution < 1.29 is 9.53 Å². The highest BCUT2D eigenvalue weighted by molar-refractivity contribution is 5.39. The molecule has 0 unspecified atom stereocenters. The molecule has 0 radical (unpaired) electrons. The van der Waals surface area contributed by atoms with E-state index in [0.717, 1.165) is 24.7 Å². The maximum absolute atomic E-state index is 10.5. The second kappa shape index (κ2) is 10.6. The number of carbonyl (C=O) groups excluding carboxylic acids is 1. The Hall–Kier alpha value is -1.31. The van der Waals surface area contributed by atoms with Gasteiger partial charge in [0.1, 0.15) is 5.60 Å². The quantitative estimate of drug-likeness (QED) is 0.213. The number of hydrogen-bond acceptors (Lipinski definition) is 2. The van der Waals surface area contributed by atoms with E-state index in [1.165, 1.54) is 94.6 Å². The Labute approximate surface area is 178 Å². The number of rotatable bonds is 16. The van der Waals surface area contributed by atoms with Gasteiger partial charge in [-0.15, -0.1) is 0 Å². The topological polar surface area (TPSA) is 26.3 Å². The van der Waals surface area contributed by atoms with Gasteiger partial charge in [-0.2, -0.15) is 0 Å². The van der Waals surface area contributed by atoms with E-state index in [1.54, 1.807) is 5.56 Å². The summed E-state index contributed by atoms with van der Waals surface area (Å²) in [4.78, 5) is 10.5. The molecule has 1 aromatic carbocycles. The van der Waals surface area contributed by atoms with Crippen LogP contribution in [0.4, 0.5) is 0 Å². The van der Waals surface area contributed by atoms with Crippen molar-refractivity contribution in [3.8, 4) is 0 Å². The van der Waals surface area contributed by atoms with Gasteiger partial charge in [0.05, 0.1) is 0 Å². The van der Waals surface area contributed by atoms with E-state index in [0.29, 0.717) is 6.47 Å². The van der Waals surface area contributed by atoms with Gasteiger partial charge in [0, 0.05) is 0 Å². The van der Waals surface area contributed by atoms with Crippen LogP contribution >= 0.6 is 0 Å². The molecule has 0 N–H and O–H groups in total. The van der Waals surface area contributed by atoms with Crippen LogP contribution in [0.2, 0.25) is 0 Å². The summed E-state index contributed by atoms with van der Waals surface area (Å²) < 4.78 is 5.24. The molecule has 3 rings (SSSR count). The van der Waals surface area contributed by atoms with Crippen LogP contribution in [-0.2, 0) is 22.4 Å². The third-order valence-electron chi connectivity index (χ3n) is 7.45. The Bertz CT molecular complexity index is 640. The minimum absolute atomic E-state index is 0.0669.